The lowest BCUT2D eigenvalue weighted by Gasteiger charge is -2.21. The van der Waals surface area contributed by atoms with Gasteiger partial charge in [0.05, 0.1) is 0 Å². The van der Waals surface area contributed by atoms with Crippen molar-refractivity contribution in [1.29, 1.82) is 0 Å². The van der Waals surface area contributed by atoms with Gasteiger partial charge in [-0.1, -0.05) is 0 Å². The summed E-state index contributed by atoms with van der Waals surface area (Å²) in [4.78, 5) is 2.03. The van der Waals surface area contributed by atoms with Crippen molar-refractivity contribution in [2.75, 3.05) is 13.6 Å². The van der Waals surface area contributed by atoms with E-state index in [0.717, 1.165) is 19.4 Å². The fourth-order valence-electron chi connectivity index (χ4n) is 1.66. The third-order valence-electron chi connectivity index (χ3n) is 2.48. The zero-order valence-corrected chi connectivity index (χ0v) is 7.21. The minimum atomic E-state index is -2.60. The number of likely N-dealkylation sites (tertiary alicyclic amines) is 1. The molecule has 1 rings (SSSR count). The summed E-state index contributed by atoms with van der Waals surface area (Å²) in [5.74, 6) is 0. The van der Waals surface area contributed by atoms with E-state index in [2.05, 4.69) is 0 Å². The molecule has 12 heavy (non-hydrogen) atoms. The van der Waals surface area contributed by atoms with Gasteiger partial charge in [-0.05, 0) is 32.9 Å². The van der Waals surface area contributed by atoms with Gasteiger partial charge in [0, 0.05) is 6.04 Å². The fraction of sp³-hybridized carbons (Fsp3) is 1.00. The molecule has 4 heteroatoms. The Morgan fingerprint density at radius 2 is 2.25 bits per heavy atom. The first-order valence-electron chi connectivity index (χ1n) is 4.27. The SMILES string of the molecule is CN1CCCC1CC(O)C(F)F. The van der Waals surface area contributed by atoms with Crippen LogP contribution in [0, 0.1) is 0 Å². The van der Waals surface area contributed by atoms with Crippen LogP contribution in [0.5, 0.6) is 0 Å². The molecule has 0 bridgehead atoms. The van der Waals surface area contributed by atoms with E-state index in [4.69, 9.17) is 5.11 Å². The quantitative estimate of drug-likeness (QED) is 0.701. The van der Waals surface area contributed by atoms with E-state index in [1.165, 1.54) is 0 Å². The third-order valence-corrected chi connectivity index (χ3v) is 2.48. The van der Waals surface area contributed by atoms with Crippen molar-refractivity contribution in [2.45, 2.75) is 37.8 Å². The monoisotopic (exact) mass is 179 g/mol. The summed E-state index contributed by atoms with van der Waals surface area (Å²) >= 11 is 0. The van der Waals surface area contributed by atoms with Gasteiger partial charge in [-0.15, -0.1) is 0 Å². The second kappa shape index (κ2) is 4.14. The Bertz CT molecular complexity index is 143. The van der Waals surface area contributed by atoms with Crippen LogP contribution in [0.1, 0.15) is 19.3 Å². The number of hydrogen-bond acceptors (Lipinski definition) is 2. The highest BCUT2D eigenvalue weighted by Gasteiger charge is 2.27. The highest BCUT2D eigenvalue weighted by atomic mass is 19.3. The lowest BCUT2D eigenvalue weighted by atomic mass is 10.1. The first-order valence-corrected chi connectivity index (χ1v) is 4.27. The van der Waals surface area contributed by atoms with Gasteiger partial charge >= 0.3 is 0 Å². The maximum absolute atomic E-state index is 11.9. The minimum absolute atomic E-state index is 0.147. The van der Waals surface area contributed by atoms with Crippen LogP contribution in [0.4, 0.5) is 8.78 Å². The third kappa shape index (κ3) is 2.38. The van der Waals surface area contributed by atoms with E-state index >= 15 is 0 Å². The summed E-state index contributed by atoms with van der Waals surface area (Å²) in [5, 5.41) is 8.93. The van der Waals surface area contributed by atoms with Gasteiger partial charge in [0.2, 0.25) is 0 Å². The molecule has 0 saturated carbocycles. The molecule has 1 fully saturated rings. The molecule has 0 spiro atoms. The van der Waals surface area contributed by atoms with Crippen molar-refractivity contribution in [3.05, 3.63) is 0 Å². The van der Waals surface area contributed by atoms with Gasteiger partial charge in [0.25, 0.3) is 6.43 Å². The molecule has 2 atom stereocenters. The predicted molar refractivity (Wildman–Crippen MR) is 42.3 cm³/mol. The number of aliphatic hydroxyl groups is 1. The van der Waals surface area contributed by atoms with Gasteiger partial charge in [-0.25, -0.2) is 8.78 Å². The summed E-state index contributed by atoms with van der Waals surface area (Å²) in [6.45, 7) is 0.959. The molecule has 0 aromatic carbocycles. The van der Waals surface area contributed by atoms with Gasteiger partial charge in [-0.3, -0.25) is 0 Å². The van der Waals surface area contributed by atoms with Gasteiger partial charge in [0.15, 0.2) is 0 Å². The number of hydrogen-bond donors (Lipinski definition) is 1. The van der Waals surface area contributed by atoms with Crippen molar-refractivity contribution in [2.24, 2.45) is 0 Å². The lowest BCUT2D eigenvalue weighted by molar-refractivity contribution is -0.0191. The molecule has 0 aliphatic carbocycles. The van der Waals surface area contributed by atoms with Crippen LogP contribution >= 0.6 is 0 Å². The van der Waals surface area contributed by atoms with Crippen molar-refractivity contribution in [3.63, 3.8) is 0 Å². The van der Waals surface area contributed by atoms with E-state index in [1.54, 1.807) is 0 Å². The molecule has 0 amide bonds. The number of halogens is 2. The second-order valence-corrected chi connectivity index (χ2v) is 3.41. The van der Waals surface area contributed by atoms with E-state index in [1.807, 2.05) is 11.9 Å². The highest BCUT2D eigenvalue weighted by Crippen LogP contribution is 2.21. The Balaban J connectivity index is 2.30. The maximum Gasteiger partial charge on any atom is 0.264 e. The average molecular weight is 179 g/mol. The van der Waals surface area contributed by atoms with Crippen LogP contribution in [-0.2, 0) is 0 Å². The number of aliphatic hydroxyl groups excluding tert-OH is 1. The Labute approximate surface area is 71.2 Å². The van der Waals surface area contributed by atoms with Crippen LogP contribution in [-0.4, -0.2) is 42.2 Å². The van der Waals surface area contributed by atoms with E-state index < -0.39 is 12.5 Å². The Kier molecular flexibility index (Phi) is 3.40. The lowest BCUT2D eigenvalue weighted by Crippen LogP contribution is -2.31. The molecular formula is C8H15F2NO. The van der Waals surface area contributed by atoms with Gasteiger partial charge in [0.1, 0.15) is 6.10 Å². The number of alkyl halides is 2. The minimum Gasteiger partial charge on any atom is -0.387 e. The number of nitrogens with zero attached hydrogens (tertiary/aromatic N) is 1. The predicted octanol–water partition coefficient (Wildman–Crippen LogP) is 1.10. The van der Waals surface area contributed by atoms with E-state index in [9.17, 15) is 8.78 Å². The van der Waals surface area contributed by atoms with Crippen molar-refractivity contribution >= 4 is 0 Å². The van der Waals surface area contributed by atoms with Crippen molar-refractivity contribution < 1.29 is 13.9 Å². The van der Waals surface area contributed by atoms with Crippen LogP contribution in [0.15, 0.2) is 0 Å². The van der Waals surface area contributed by atoms with Crippen LogP contribution < -0.4 is 0 Å². The molecule has 0 aromatic rings. The second-order valence-electron chi connectivity index (χ2n) is 3.41. The molecule has 1 N–H and O–H groups in total. The van der Waals surface area contributed by atoms with Gasteiger partial charge in [-0.2, -0.15) is 0 Å². The summed E-state index contributed by atoms with van der Waals surface area (Å²) in [6.07, 6.45) is -1.86. The smallest absolute Gasteiger partial charge is 0.264 e. The molecule has 2 nitrogen and oxygen atoms in total. The fourth-order valence-corrected chi connectivity index (χ4v) is 1.66. The molecule has 1 aliphatic heterocycles. The first-order chi connectivity index (χ1) is 5.61. The Hall–Kier alpha value is -0.220. The summed E-state index contributed by atoms with van der Waals surface area (Å²) in [6, 6.07) is 0.147. The molecule has 0 radical (unpaired) electrons. The summed E-state index contributed by atoms with van der Waals surface area (Å²) in [5.41, 5.74) is 0. The van der Waals surface area contributed by atoms with Crippen molar-refractivity contribution in [3.8, 4) is 0 Å². The first kappa shape index (κ1) is 9.86. The molecule has 1 saturated heterocycles. The largest absolute Gasteiger partial charge is 0.387 e. The molecule has 72 valence electrons. The molecular weight excluding hydrogens is 164 g/mol. The van der Waals surface area contributed by atoms with Crippen LogP contribution in [0.2, 0.25) is 0 Å². The summed E-state index contributed by atoms with van der Waals surface area (Å²) < 4.78 is 23.9. The van der Waals surface area contributed by atoms with Gasteiger partial charge < -0.3 is 10.0 Å². The number of rotatable bonds is 3. The normalized spacial score (nSPS) is 28.2. The Morgan fingerprint density at radius 1 is 1.58 bits per heavy atom. The summed E-state index contributed by atoms with van der Waals surface area (Å²) in [7, 11) is 1.91. The molecule has 1 aliphatic rings. The van der Waals surface area contributed by atoms with Crippen LogP contribution in [0.3, 0.4) is 0 Å². The maximum atomic E-state index is 11.9. The standard InChI is InChI=1S/C8H15F2NO/c1-11-4-2-3-6(11)5-7(12)8(9)10/h6-8,12H,2-5H2,1H3. The molecule has 1 heterocycles. The molecule has 0 aromatic heterocycles. The Morgan fingerprint density at radius 3 is 2.67 bits per heavy atom. The zero-order chi connectivity index (χ0) is 9.14. The van der Waals surface area contributed by atoms with Crippen LogP contribution in [0.25, 0.3) is 0 Å². The topological polar surface area (TPSA) is 23.5 Å². The average Bonchev–Trinajstić information content (AvgIpc) is 2.36. The van der Waals surface area contributed by atoms with E-state index in [-0.39, 0.29) is 12.5 Å². The zero-order valence-electron chi connectivity index (χ0n) is 7.21. The highest BCUT2D eigenvalue weighted by molar-refractivity contribution is 4.79. The molecule has 2 unspecified atom stereocenters. The van der Waals surface area contributed by atoms with Crippen molar-refractivity contribution in [1.82, 2.24) is 4.90 Å². The van der Waals surface area contributed by atoms with E-state index in [0.29, 0.717) is 0 Å².